The number of rotatable bonds is 5. The number of sulfonamides is 1. The van der Waals surface area contributed by atoms with Crippen molar-refractivity contribution >= 4 is 27.9 Å². The van der Waals surface area contributed by atoms with Crippen LogP contribution in [0.1, 0.15) is 5.56 Å². The van der Waals surface area contributed by atoms with E-state index in [9.17, 15) is 13.2 Å². The van der Waals surface area contributed by atoms with Crippen LogP contribution in [0.15, 0.2) is 48.0 Å². The number of carbonyl (C=O) groups is 1. The number of pyridine rings is 1. The fourth-order valence-corrected chi connectivity index (χ4v) is 2.38. The lowest BCUT2D eigenvalue weighted by molar-refractivity contribution is -0.131. The average molecular weight is 306 g/mol. The van der Waals surface area contributed by atoms with E-state index in [4.69, 9.17) is 5.11 Å². The van der Waals surface area contributed by atoms with Gasteiger partial charge in [0.05, 0.1) is 6.20 Å². The second-order valence-electron chi connectivity index (χ2n) is 3.82. The number of aromatic nitrogens is 3. The van der Waals surface area contributed by atoms with Crippen LogP contribution in [0.25, 0.3) is 6.08 Å². The number of anilines is 1. The highest BCUT2D eigenvalue weighted by atomic mass is 32.2. The zero-order chi connectivity index (χ0) is 15.3. The van der Waals surface area contributed by atoms with Crippen molar-refractivity contribution in [3.63, 3.8) is 0 Å². The number of nitrogens with one attached hydrogen (secondary N) is 1. The van der Waals surface area contributed by atoms with Crippen LogP contribution >= 0.6 is 0 Å². The van der Waals surface area contributed by atoms with Gasteiger partial charge < -0.3 is 5.11 Å². The minimum Gasteiger partial charge on any atom is -0.478 e. The predicted octanol–water partition coefficient (Wildman–Crippen LogP) is 0.770. The van der Waals surface area contributed by atoms with Gasteiger partial charge in [-0.1, -0.05) is 0 Å². The molecule has 0 bridgehead atoms. The Kier molecular flexibility index (Phi) is 4.24. The number of aliphatic carboxylic acids is 1. The fourth-order valence-electron chi connectivity index (χ4n) is 1.39. The molecule has 0 aliphatic carbocycles. The van der Waals surface area contributed by atoms with Gasteiger partial charge in [0.2, 0.25) is 0 Å². The van der Waals surface area contributed by atoms with Crippen molar-refractivity contribution < 1.29 is 18.3 Å². The van der Waals surface area contributed by atoms with Crippen LogP contribution in [0.2, 0.25) is 0 Å². The van der Waals surface area contributed by atoms with E-state index in [1.54, 1.807) is 0 Å². The van der Waals surface area contributed by atoms with Crippen LogP contribution in [0.3, 0.4) is 0 Å². The topological polar surface area (TPSA) is 122 Å². The Labute approximate surface area is 120 Å². The standard InChI is InChI=1S/C12H10N4O4S/c17-12(18)2-1-9-5-10(7-14-6-9)21(19,20)16-11-8-13-3-4-15-11/h1-8H,(H,15,16)(H,17,18). The van der Waals surface area contributed by atoms with Crippen LogP contribution in [0.4, 0.5) is 5.82 Å². The minimum atomic E-state index is -3.87. The molecule has 2 aromatic rings. The zero-order valence-corrected chi connectivity index (χ0v) is 11.4. The normalized spacial score (nSPS) is 11.4. The van der Waals surface area contributed by atoms with Crippen molar-refractivity contribution in [1.82, 2.24) is 15.0 Å². The quantitative estimate of drug-likeness (QED) is 0.782. The molecule has 8 nitrogen and oxygen atoms in total. The van der Waals surface area contributed by atoms with Crippen molar-refractivity contribution in [2.75, 3.05) is 4.72 Å². The molecule has 0 unspecified atom stereocenters. The summed E-state index contributed by atoms with van der Waals surface area (Å²) in [7, 11) is -3.87. The average Bonchev–Trinajstić information content (AvgIpc) is 2.46. The second kappa shape index (κ2) is 6.09. The molecule has 0 amide bonds. The van der Waals surface area contributed by atoms with Gasteiger partial charge in [0, 0.05) is 30.9 Å². The Hall–Kier alpha value is -2.81. The molecule has 0 radical (unpaired) electrons. The van der Waals surface area contributed by atoms with Gasteiger partial charge in [-0.05, 0) is 17.7 Å². The third-order valence-electron chi connectivity index (χ3n) is 2.27. The zero-order valence-electron chi connectivity index (χ0n) is 10.5. The summed E-state index contributed by atoms with van der Waals surface area (Å²) in [6.45, 7) is 0. The predicted molar refractivity (Wildman–Crippen MR) is 73.7 cm³/mol. The summed E-state index contributed by atoms with van der Waals surface area (Å²) in [5.41, 5.74) is 0.347. The molecule has 2 N–H and O–H groups in total. The fraction of sp³-hybridized carbons (Fsp3) is 0. The van der Waals surface area contributed by atoms with E-state index >= 15 is 0 Å². The molecule has 0 saturated heterocycles. The van der Waals surface area contributed by atoms with E-state index in [-0.39, 0.29) is 10.7 Å². The summed E-state index contributed by atoms with van der Waals surface area (Å²) in [5, 5.41) is 8.55. The third-order valence-corrected chi connectivity index (χ3v) is 3.59. The molecule has 0 aliphatic rings. The van der Waals surface area contributed by atoms with Gasteiger partial charge in [-0.25, -0.2) is 18.2 Å². The molecule has 108 valence electrons. The highest BCUT2D eigenvalue weighted by Crippen LogP contribution is 2.14. The number of carboxylic acids is 1. The first-order valence-electron chi connectivity index (χ1n) is 5.62. The Bertz CT molecular complexity index is 775. The summed E-state index contributed by atoms with van der Waals surface area (Å²) >= 11 is 0. The summed E-state index contributed by atoms with van der Waals surface area (Å²) in [4.78, 5) is 21.7. The van der Waals surface area contributed by atoms with Crippen LogP contribution in [-0.2, 0) is 14.8 Å². The smallest absolute Gasteiger partial charge is 0.328 e. The van der Waals surface area contributed by atoms with Gasteiger partial charge in [-0.2, -0.15) is 0 Å². The molecule has 2 aromatic heterocycles. The summed E-state index contributed by atoms with van der Waals surface area (Å²) in [5.74, 6) is -1.06. The lowest BCUT2D eigenvalue weighted by Crippen LogP contribution is -2.14. The Morgan fingerprint density at radius 2 is 2.00 bits per heavy atom. The molecule has 2 heterocycles. The molecule has 9 heteroatoms. The van der Waals surface area contributed by atoms with Crippen LogP contribution in [0, 0.1) is 0 Å². The van der Waals surface area contributed by atoms with Gasteiger partial charge in [-0.3, -0.25) is 14.7 Å². The van der Waals surface area contributed by atoms with Gasteiger partial charge in [0.1, 0.15) is 4.90 Å². The van der Waals surface area contributed by atoms with Crippen molar-refractivity contribution in [2.24, 2.45) is 0 Å². The molecule has 0 fully saturated rings. The van der Waals surface area contributed by atoms with Crippen molar-refractivity contribution in [1.29, 1.82) is 0 Å². The lowest BCUT2D eigenvalue weighted by Gasteiger charge is -2.06. The first-order valence-corrected chi connectivity index (χ1v) is 7.10. The Morgan fingerprint density at radius 3 is 2.67 bits per heavy atom. The highest BCUT2D eigenvalue weighted by Gasteiger charge is 2.15. The number of hydrogen-bond donors (Lipinski definition) is 2. The third kappa shape index (κ3) is 4.08. The first kappa shape index (κ1) is 14.6. The van der Waals surface area contributed by atoms with Crippen molar-refractivity contribution in [2.45, 2.75) is 4.90 Å². The SMILES string of the molecule is O=C(O)C=Cc1cncc(S(=O)(=O)Nc2cnccn2)c1. The number of hydrogen-bond acceptors (Lipinski definition) is 6. The van der Waals surface area contributed by atoms with Crippen molar-refractivity contribution in [3.05, 3.63) is 48.7 Å². The van der Waals surface area contributed by atoms with E-state index in [1.807, 2.05) is 0 Å². The molecule has 0 atom stereocenters. The van der Waals surface area contributed by atoms with Gasteiger partial charge in [0.25, 0.3) is 10.0 Å². The Balaban J connectivity index is 2.28. The van der Waals surface area contributed by atoms with E-state index in [1.165, 1.54) is 36.9 Å². The maximum atomic E-state index is 12.1. The van der Waals surface area contributed by atoms with Crippen molar-refractivity contribution in [3.8, 4) is 0 Å². The molecule has 0 aliphatic heterocycles. The number of nitrogens with zero attached hydrogens (tertiary/aromatic N) is 3. The highest BCUT2D eigenvalue weighted by molar-refractivity contribution is 7.92. The largest absolute Gasteiger partial charge is 0.478 e. The molecule has 2 rings (SSSR count). The summed E-state index contributed by atoms with van der Waals surface area (Å²) in [6, 6.07) is 1.30. The second-order valence-corrected chi connectivity index (χ2v) is 5.50. The molecule has 0 spiro atoms. The summed E-state index contributed by atoms with van der Waals surface area (Å²) in [6.07, 6.45) is 8.66. The van der Waals surface area contributed by atoms with E-state index < -0.39 is 16.0 Å². The summed E-state index contributed by atoms with van der Waals surface area (Å²) < 4.78 is 26.5. The first-order chi connectivity index (χ1) is 9.97. The van der Waals surface area contributed by atoms with Gasteiger partial charge in [0.15, 0.2) is 5.82 Å². The van der Waals surface area contributed by atoms with Crippen LogP contribution in [0.5, 0.6) is 0 Å². The van der Waals surface area contributed by atoms with Gasteiger partial charge >= 0.3 is 5.97 Å². The van der Waals surface area contributed by atoms with Crippen LogP contribution < -0.4 is 4.72 Å². The van der Waals surface area contributed by atoms with Gasteiger partial charge in [-0.15, -0.1) is 0 Å². The molecular formula is C12H10N4O4S. The monoisotopic (exact) mass is 306 g/mol. The number of carboxylic acid groups (broad SMARTS) is 1. The van der Waals surface area contributed by atoms with Crippen LogP contribution in [-0.4, -0.2) is 34.4 Å². The van der Waals surface area contributed by atoms with E-state index in [2.05, 4.69) is 19.7 Å². The molecule has 0 aromatic carbocycles. The van der Waals surface area contributed by atoms with E-state index in [0.717, 1.165) is 12.3 Å². The maximum Gasteiger partial charge on any atom is 0.328 e. The minimum absolute atomic E-state index is 0.0731. The Morgan fingerprint density at radius 1 is 1.19 bits per heavy atom. The lowest BCUT2D eigenvalue weighted by atomic mass is 10.2. The van der Waals surface area contributed by atoms with E-state index in [0.29, 0.717) is 5.56 Å². The molecule has 0 saturated carbocycles. The molecular weight excluding hydrogens is 296 g/mol. The molecule has 21 heavy (non-hydrogen) atoms. The maximum absolute atomic E-state index is 12.1.